The quantitative estimate of drug-likeness (QED) is 0.877. The molecule has 0 amide bonds. The Balaban J connectivity index is 2.27. The lowest BCUT2D eigenvalue weighted by Gasteiger charge is -2.17. The summed E-state index contributed by atoms with van der Waals surface area (Å²) in [6.45, 7) is 5.19. The van der Waals surface area contributed by atoms with Gasteiger partial charge in [-0.25, -0.2) is 4.98 Å². The average molecular weight is 231 g/mol. The van der Waals surface area contributed by atoms with Gasteiger partial charge in [0.15, 0.2) is 0 Å². The van der Waals surface area contributed by atoms with Crippen LogP contribution in [-0.4, -0.2) is 16.1 Å². The predicted molar refractivity (Wildman–Crippen MR) is 71.8 cm³/mol. The lowest BCUT2D eigenvalue weighted by atomic mass is 9.93. The molecule has 1 heterocycles. The normalized spacial score (nSPS) is 15.1. The number of benzene rings is 1. The lowest BCUT2D eigenvalue weighted by molar-refractivity contribution is 0.385. The van der Waals surface area contributed by atoms with Crippen LogP contribution in [0.15, 0.2) is 24.3 Å². The standard InChI is InChI=1S/C14H21N3/c1-10(11(2)9-15)8-14-16-12-6-4-5-7-13(12)17(14)3/h4-7,10-11H,8-9,15H2,1-3H3. The van der Waals surface area contributed by atoms with Crippen molar-refractivity contribution in [3.63, 3.8) is 0 Å². The van der Waals surface area contributed by atoms with Crippen molar-refractivity contribution in [3.8, 4) is 0 Å². The van der Waals surface area contributed by atoms with Crippen LogP contribution in [0.1, 0.15) is 19.7 Å². The van der Waals surface area contributed by atoms with E-state index >= 15 is 0 Å². The van der Waals surface area contributed by atoms with Crippen LogP contribution in [0.3, 0.4) is 0 Å². The van der Waals surface area contributed by atoms with Gasteiger partial charge in [0.1, 0.15) is 5.82 Å². The minimum atomic E-state index is 0.537. The number of aromatic nitrogens is 2. The predicted octanol–water partition coefficient (Wildman–Crippen LogP) is 2.35. The van der Waals surface area contributed by atoms with Gasteiger partial charge in [-0.15, -0.1) is 0 Å². The zero-order valence-corrected chi connectivity index (χ0v) is 10.9. The zero-order valence-electron chi connectivity index (χ0n) is 10.9. The van der Waals surface area contributed by atoms with Gasteiger partial charge >= 0.3 is 0 Å². The van der Waals surface area contributed by atoms with Gasteiger partial charge in [0.2, 0.25) is 0 Å². The first-order valence-corrected chi connectivity index (χ1v) is 6.24. The maximum atomic E-state index is 5.71. The summed E-state index contributed by atoms with van der Waals surface area (Å²) < 4.78 is 2.19. The Labute approximate surface area is 103 Å². The number of hydrogen-bond acceptors (Lipinski definition) is 2. The molecule has 2 N–H and O–H groups in total. The van der Waals surface area contributed by atoms with Gasteiger partial charge < -0.3 is 10.3 Å². The Morgan fingerprint density at radius 2 is 1.94 bits per heavy atom. The maximum Gasteiger partial charge on any atom is 0.109 e. The second-order valence-electron chi connectivity index (χ2n) is 4.97. The summed E-state index contributed by atoms with van der Waals surface area (Å²) in [6.07, 6.45) is 0.990. The largest absolute Gasteiger partial charge is 0.331 e. The highest BCUT2D eigenvalue weighted by Gasteiger charge is 2.15. The van der Waals surface area contributed by atoms with Crippen LogP contribution in [0.4, 0.5) is 0 Å². The van der Waals surface area contributed by atoms with Crippen LogP contribution in [-0.2, 0) is 13.5 Å². The van der Waals surface area contributed by atoms with E-state index in [2.05, 4.69) is 43.7 Å². The summed E-state index contributed by atoms with van der Waals surface area (Å²) in [5.41, 5.74) is 8.00. The van der Waals surface area contributed by atoms with Crippen molar-refractivity contribution in [3.05, 3.63) is 30.1 Å². The minimum absolute atomic E-state index is 0.537. The summed E-state index contributed by atoms with van der Waals surface area (Å²) >= 11 is 0. The fourth-order valence-electron chi connectivity index (χ4n) is 2.10. The molecule has 0 aliphatic carbocycles. The molecular weight excluding hydrogens is 210 g/mol. The molecule has 1 aromatic heterocycles. The van der Waals surface area contributed by atoms with Gasteiger partial charge in [-0.2, -0.15) is 0 Å². The molecule has 0 spiro atoms. The molecule has 0 saturated heterocycles. The Kier molecular flexibility index (Phi) is 3.48. The number of rotatable bonds is 4. The monoisotopic (exact) mass is 231 g/mol. The fourth-order valence-corrected chi connectivity index (χ4v) is 2.10. The van der Waals surface area contributed by atoms with Crippen LogP contribution in [0.25, 0.3) is 11.0 Å². The molecule has 2 unspecified atom stereocenters. The van der Waals surface area contributed by atoms with Crippen molar-refractivity contribution in [1.29, 1.82) is 0 Å². The number of nitrogens with zero attached hydrogens (tertiary/aromatic N) is 2. The molecule has 2 aromatic rings. The van der Waals surface area contributed by atoms with Crippen LogP contribution >= 0.6 is 0 Å². The lowest BCUT2D eigenvalue weighted by Crippen LogP contribution is -2.21. The molecule has 3 nitrogen and oxygen atoms in total. The van der Waals surface area contributed by atoms with Gasteiger partial charge in [0.25, 0.3) is 0 Å². The third-order valence-corrected chi connectivity index (χ3v) is 3.73. The fraction of sp³-hybridized carbons (Fsp3) is 0.500. The molecule has 2 atom stereocenters. The molecular formula is C14H21N3. The molecule has 0 bridgehead atoms. The maximum absolute atomic E-state index is 5.71. The molecule has 3 heteroatoms. The number of fused-ring (bicyclic) bond motifs is 1. The van der Waals surface area contributed by atoms with Crippen molar-refractivity contribution in [2.24, 2.45) is 24.6 Å². The first-order valence-electron chi connectivity index (χ1n) is 6.24. The highest BCUT2D eigenvalue weighted by atomic mass is 15.1. The summed E-state index contributed by atoms with van der Waals surface area (Å²) in [7, 11) is 2.09. The molecule has 2 rings (SSSR count). The van der Waals surface area contributed by atoms with Crippen molar-refractivity contribution in [1.82, 2.24) is 9.55 Å². The number of imidazole rings is 1. The van der Waals surface area contributed by atoms with Crippen molar-refractivity contribution < 1.29 is 0 Å². The average Bonchev–Trinajstić information content (AvgIpc) is 2.66. The molecule has 17 heavy (non-hydrogen) atoms. The smallest absolute Gasteiger partial charge is 0.109 e. The van der Waals surface area contributed by atoms with Gasteiger partial charge in [-0.05, 0) is 30.5 Å². The van der Waals surface area contributed by atoms with E-state index in [4.69, 9.17) is 10.7 Å². The van der Waals surface area contributed by atoms with E-state index in [0.717, 1.165) is 24.3 Å². The Bertz CT molecular complexity index is 501. The molecule has 0 radical (unpaired) electrons. The Morgan fingerprint density at radius 3 is 2.59 bits per heavy atom. The van der Waals surface area contributed by atoms with E-state index in [9.17, 15) is 0 Å². The second-order valence-corrected chi connectivity index (χ2v) is 4.97. The molecule has 0 fully saturated rings. The molecule has 0 aliphatic heterocycles. The van der Waals surface area contributed by atoms with E-state index in [-0.39, 0.29) is 0 Å². The zero-order chi connectivity index (χ0) is 12.4. The summed E-state index contributed by atoms with van der Waals surface area (Å²) in [6, 6.07) is 8.27. The Hall–Kier alpha value is -1.35. The van der Waals surface area contributed by atoms with E-state index in [1.54, 1.807) is 0 Å². The number of para-hydroxylation sites is 2. The van der Waals surface area contributed by atoms with Gasteiger partial charge in [0, 0.05) is 13.5 Å². The first kappa shape index (κ1) is 12.1. The van der Waals surface area contributed by atoms with E-state index in [1.807, 2.05) is 6.07 Å². The number of nitrogens with two attached hydrogens (primary N) is 1. The number of aryl methyl sites for hydroxylation is 1. The van der Waals surface area contributed by atoms with Crippen molar-refractivity contribution >= 4 is 11.0 Å². The van der Waals surface area contributed by atoms with Crippen molar-refractivity contribution in [2.75, 3.05) is 6.54 Å². The van der Waals surface area contributed by atoms with Gasteiger partial charge in [-0.3, -0.25) is 0 Å². The van der Waals surface area contributed by atoms with Crippen LogP contribution in [0.2, 0.25) is 0 Å². The van der Waals surface area contributed by atoms with Crippen LogP contribution in [0, 0.1) is 11.8 Å². The summed E-state index contributed by atoms with van der Waals surface area (Å²) in [5, 5.41) is 0. The molecule has 0 aliphatic rings. The minimum Gasteiger partial charge on any atom is -0.331 e. The summed E-state index contributed by atoms with van der Waals surface area (Å²) in [4.78, 5) is 4.69. The van der Waals surface area contributed by atoms with E-state index in [1.165, 1.54) is 5.52 Å². The van der Waals surface area contributed by atoms with Crippen molar-refractivity contribution in [2.45, 2.75) is 20.3 Å². The first-order chi connectivity index (χ1) is 8.13. The van der Waals surface area contributed by atoms with Crippen LogP contribution in [0.5, 0.6) is 0 Å². The highest BCUT2D eigenvalue weighted by Crippen LogP contribution is 2.19. The van der Waals surface area contributed by atoms with E-state index in [0.29, 0.717) is 11.8 Å². The topological polar surface area (TPSA) is 43.8 Å². The molecule has 92 valence electrons. The third kappa shape index (κ3) is 2.34. The van der Waals surface area contributed by atoms with Crippen LogP contribution < -0.4 is 5.73 Å². The Morgan fingerprint density at radius 1 is 1.24 bits per heavy atom. The summed E-state index contributed by atoms with van der Waals surface area (Å²) in [5.74, 6) is 2.25. The number of hydrogen-bond donors (Lipinski definition) is 1. The van der Waals surface area contributed by atoms with Gasteiger partial charge in [-0.1, -0.05) is 26.0 Å². The van der Waals surface area contributed by atoms with E-state index < -0.39 is 0 Å². The van der Waals surface area contributed by atoms with Gasteiger partial charge in [0.05, 0.1) is 11.0 Å². The highest BCUT2D eigenvalue weighted by molar-refractivity contribution is 5.75. The second kappa shape index (κ2) is 4.88. The molecule has 0 saturated carbocycles. The molecule has 1 aromatic carbocycles. The third-order valence-electron chi connectivity index (χ3n) is 3.73. The SMILES string of the molecule is CC(CN)C(C)Cc1nc2ccccc2n1C.